The van der Waals surface area contributed by atoms with E-state index in [4.69, 9.17) is 4.74 Å². The van der Waals surface area contributed by atoms with Crippen molar-refractivity contribution >= 4 is 22.5 Å². The van der Waals surface area contributed by atoms with Crippen molar-refractivity contribution in [2.24, 2.45) is 0 Å². The van der Waals surface area contributed by atoms with E-state index < -0.39 is 0 Å². The number of aryl methyl sites for hydroxylation is 1. The molecule has 1 amide bonds. The summed E-state index contributed by atoms with van der Waals surface area (Å²) in [6, 6.07) is 13.3. The molecule has 0 atom stereocenters. The van der Waals surface area contributed by atoms with Crippen LogP contribution in [0.5, 0.6) is 5.75 Å². The Kier molecular flexibility index (Phi) is 3.36. The van der Waals surface area contributed by atoms with Gasteiger partial charge in [0.25, 0.3) is 0 Å². The zero-order chi connectivity index (χ0) is 14.8. The summed E-state index contributed by atoms with van der Waals surface area (Å²) in [6.07, 6.45) is 3.65. The number of aromatic nitrogens is 1. The summed E-state index contributed by atoms with van der Waals surface area (Å²) < 4.78 is 6.73. The maximum Gasteiger partial charge on any atom is 0.329 e. The summed E-state index contributed by atoms with van der Waals surface area (Å²) in [7, 11) is 1.62. The van der Waals surface area contributed by atoms with Crippen LogP contribution < -0.4 is 10.1 Å². The molecular formula is C17H16N2O2. The van der Waals surface area contributed by atoms with Gasteiger partial charge in [0.05, 0.1) is 7.11 Å². The fourth-order valence-corrected chi connectivity index (χ4v) is 2.28. The Labute approximate surface area is 123 Å². The van der Waals surface area contributed by atoms with Gasteiger partial charge in [0.2, 0.25) is 0 Å². The molecule has 21 heavy (non-hydrogen) atoms. The van der Waals surface area contributed by atoms with Crippen molar-refractivity contribution in [3.8, 4) is 5.75 Å². The minimum atomic E-state index is -0.181. The lowest BCUT2D eigenvalue weighted by molar-refractivity contribution is 0.253. The highest BCUT2D eigenvalue weighted by molar-refractivity contribution is 5.95. The highest BCUT2D eigenvalue weighted by Crippen LogP contribution is 2.22. The molecule has 0 unspecified atom stereocenters. The van der Waals surface area contributed by atoms with Crippen LogP contribution >= 0.6 is 0 Å². The van der Waals surface area contributed by atoms with E-state index in [-0.39, 0.29) is 6.03 Å². The number of ether oxygens (including phenoxy) is 1. The van der Waals surface area contributed by atoms with Gasteiger partial charge in [-0.15, -0.1) is 0 Å². The minimum absolute atomic E-state index is 0.181. The first kappa shape index (κ1) is 13.2. The van der Waals surface area contributed by atoms with Crippen LogP contribution in [0.1, 0.15) is 5.56 Å². The van der Waals surface area contributed by atoms with Gasteiger partial charge in [-0.2, -0.15) is 0 Å². The molecule has 3 aromatic rings. The molecule has 0 aliphatic carbocycles. The summed E-state index contributed by atoms with van der Waals surface area (Å²) in [5, 5.41) is 4.99. The number of anilines is 1. The number of nitrogens with one attached hydrogen (secondary N) is 1. The van der Waals surface area contributed by atoms with Gasteiger partial charge in [-0.1, -0.05) is 24.3 Å². The van der Waals surface area contributed by atoms with E-state index in [9.17, 15) is 4.79 Å². The Morgan fingerprint density at radius 3 is 2.33 bits per heavy atom. The monoisotopic (exact) mass is 280 g/mol. The maximum absolute atomic E-state index is 12.3. The van der Waals surface area contributed by atoms with Gasteiger partial charge < -0.3 is 10.1 Å². The summed E-state index contributed by atoms with van der Waals surface area (Å²) in [5.74, 6) is 0.775. The zero-order valence-corrected chi connectivity index (χ0v) is 12.0. The van der Waals surface area contributed by atoms with Crippen molar-refractivity contribution in [1.29, 1.82) is 0 Å². The van der Waals surface area contributed by atoms with Gasteiger partial charge in [-0.3, -0.25) is 4.57 Å². The van der Waals surface area contributed by atoms with Gasteiger partial charge in [0, 0.05) is 18.1 Å². The van der Waals surface area contributed by atoms with Crippen molar-refractivity contribution < 1.29 is 9.53 Å². The molecule has 0 aliphatic rings. The average Bonchev–Trinajstić information content (AvgIpc) is 2.93. The van der Waals surface area contributed by atoms with Crippen LogP contribution in [0, 0.1) is 6.92 Å². The van der Waals surface area contributed by atoms with Gasteiger partial charge in [0.15, 0.2) is 0 Å². The lowest BCUT2D eigenvalue weighted by Gasteiger charge is -2.10. The normalized spacial score (nSPS) is 10.6. The number of nitrogens with zero attached hydrogens (tertiary/aromatic N) is 1. The summed E-state index contributed by atoms with van der Waals surface area (Å²) in [6.45, 7) is 1.93. The van der Waals surface area contributed by atoms with Gasteiger partial charge in [-0.25, -0.2) is 4.79 Å². The van der Waals surface area contributed by atoms with Crippen LogP contribution in [0.25, 0.3) is 10.8 Å². The van der Waals surface area contributed by atoms with Crippen LogP contribution in [0.2, 0.25) is 0 Å². The van der Waals surface area contributed by atoms with E-state index in [1.165, 1.54) is 0 Å². The number of carbonyl (C=O) groups excluding carboxylic acids is 1. The first-order valence-electron chi connectivity index (χ1n) is 6.70. The molecule has 1 aromatic heterocycles. The Morgan fingerprint density at radius 1 is 1.10 bits per heavy atom. The number of hydrogen-bond donors (Lipinski definition) is 1. The highest BCUT2D eigenvalue weighted by Gasteiger charge is 2.08. The fourth-order valence-electron chi connectivity index (χ4n) is 2.28. The number of methoxy groups -OCH3 is 1. The highest BCUT2D eigenvalue weighted by atomic mass is 16.5. The van der Waals surface area contributed by atoms with Crippen LogP contribution in [0.15, 0.2) is 54.9 Å². The number of hydrogen-bond acceptors (Lipinski definition) is 2. The summed E-state index contributed by atoms with van der Waals surface area (Å²) >= 11 is 0. The molecule has 2 aromatic carbocycles. The molecule has 0 bridgehead atoms. The topological polar surface area (TPSA) is 43.3 Å². The molecule has 0 radical (unpaired) electrons. The molecule has 4 heteroatoms. The largest absolute Gasteiger partial charge is 0.497 e. The van der Waals surface area contributed by atoms with Crippen LogP contribution in [-0.4, -0.2) is 17.7 Å². The number of rotatable bonds is 2. The lowest BCUT2D eigenvalue weighted by atomic mass is 10.2. The Bertz CT molecular complexity index is 772. The van der Waals surface area contributed by atoms with E-state index >= 15 is 0 Å². The van der Waals surface area contributed by atoms with E-state index in [2.05, 4.69) is 5.32 Å². The lowest BCUT2D eigenvalue weighted by Crippen LogP contribution is -2.18. The molecule has 106 valence electrons. The summed E-state index contributed by atoms with van der Waals surface area (Å²) in [4.78, 5) is 12.3. The van der Waals surface area contributed by atoms with Crippen molar-refractivity contribution in [3.63, 3.8) is 0 Å². The third kappa shape index (κ3) is 2.60. The van der Waals surface area contributed by atoms with Gasteiger partial charge >= 0.3 is 6.03 Å². The van der Waals surface area contributed by atoms with Gasteiger partial charge in [-0.05, 0) is 41.5 Å². The molecule has 0 saturated heterocycles. The maximum atomic E-state index is 12.3. The zero-order valence-electron chi connectivity index (χ0n) is 12.0. The second kappa shape index (κ2) is 5.32. The third-order valence-corrected chi connectivity index (χ3v) is 3.46. The second-order valence-electron chi connectivity index (χ2n) is 4.91. The van der Waals surface area contributed by atoms with Crippen molar-refractivity contribution in [1.82, 2.24) is 4.57 Å². The first-order chi connectivity index (χ1) is 10.2. The minimum Gasteiger partial charge on any atom is -0.497 e. The third-order valence-electron chi connectivity index (χ3n) is 3.46. The van der Waals surface area contributed by atoms with Crippen molar-refractivity contribution in [2.45, 2.75) is 6.92 Å². The Morgan fingerprint density at radius 2 is 1.76 bits per heavy atom. The molecule has 1 N–H and O–H groups in total. The van der Waals surface area contributed by atoms with Crippen LogP contribution in [-0.2, 0) is 0 Å². The molecule has 0 spiro atoms. The number of amides is 1. The Hall–Kier alpha value is -2.75. The fraction of sp³-hybridized carbons (Fsp3) is 0.118. The second-order valence-corrected chi connectivity index (χ2v) is 4.91. The average molecular weight is 280 g/mol. The summed E-state index contributed by atoms with van der Waals surface area (Å²) in [5.41, 5.74) is 1.73. The molecular weight excluding hydrogens is 264 g/mol. The van der Waals surface area contributed by atoms with E-state index in [0.29, 0.717) is 0 Å². The number of benzene rings is 2. The van der Waals surface area contributed by atoms with Crippen LogP contribution in [0.3, 0.4) is 0 Å². The molecule has 4 nitrogen and oxygen atoms in total. The van der Waals surface area contributed by atoms with Gasteiger partial charge in [0.1, 0.15) is 5.75 Å². The van der Waals surface area contributed by atoms with Crippen molar-refractivity contribution in [3.05, 3.63) is 60.4 Å². The molecule has 1 heterocycles. The first-order valence-corrected chi connectivity index (χ1v) is 6.70. The quantitative estimate of drug-likeness (QED) is 0.770. The van der Waals surface area contributed by atoms with E-state index in [1.807, 2.05) is 61.8 Å². The smallest absolute Gasteiger partial charge is 0.329 e. The molecule has 0 fully saturated rings. The molecule has 0 saturated carbocycles. The van der Waals surface area contributed by atoms with E-state index in [0.717, 1.165) is 27.8 Å². The number of fused-ring (bicyclic) bond motifs is 1. The standard InChI is InChI=1S/C17H16N2O2/c1-12-9-15(21-2)7-8-16(12)18-17(20)19-10-13-5-3-4-6-14(13)11-19/h3-11H,1-2H3,(H,18,20). The van der Waals surface area contributed by atoms with Crippen molar-refractivity contribution in [2.75, 3.05) is 12.4 Å². The molecule has 3 rings (SSSR count). The molecule has 0 aliphatic heterocycles. The predicted molar refractivity (Wildman–Crippen MR) is 84.1 cm³/mol. The number of carbonyl (C=O) groups is 1. The van der Waals surface area contributed by atoms with Crippen LogP contribution in [0.4, 0.5) is 10.5 Å². The van der Waals surface area contributed by atoms with E-state index in [1.54, 1.807) is 11.7 Å². The predicted octanol–water partition coefficient (Wildman–Crippen LogP) is 4.04. The SMILES string of the molecule is COc1ccc(NC(=O)n2cc3ccccc3c2)c(C)c1. The Balaban J connectivity index is 1.85.